The van der Waals surface area contributed by atoms with E-state index >= 15 is 0 Å². The monoisotopic (exact) mass is 589 g/mol. The molecule has 0 unspecified atom stereocenters. The van der Waals surface area contributed by atoms with Crippen LogP contribution in [0.5, 0.6) is 0 Å². The molecule has 0 radical (unpaired) electrons. The molecule has 0 amide bonds. The lowest BCUT2D eigenvalue weighted by molar-refractivity contribution is -0.906. The number of ketones is 2. The van der Waals surface area contributed by atoms with Crippen LogP contribution >= 0.6 is 0 Å². The molecule has 2 aromatic carbocycles. The van der Waals surface area contributed by atoms with Gasteiger partial charge in [-0.05, 0) is 62.5 Å². The second-order valence-corrected chi connectivity index (χ2v) is 11.3. The van der Waals surface area contributed by atoms with Gasteiger partial charge >= 0.3 is 0 Å². The minimum Gasteiger partial charge on any atom is -1.00 e. The number of carbonyl (C=O) groups is 2. The molecule has 5 heteroatoms. The van der Waals surface area contributed by atoms with Crippen LogP contribution in [-0.2, 0) is 12.8 Å². The van der Waals surface area contributed by atoms with Crippen molar-refractivity contribution in [3.05, 3.63) is 70.8 Å². The Balaban J connectivity index is 0.00000342. The Morgan fingerprint density at radius 3 is 1.20 bits per heavy atom. The fourth-order valence-electron chi connectivity index (χ4n) is 5.75. The predicted octanol–water partition coefficient (Wildman–Crippen LogP) is 2.10. The number of hydrogen-bond acceptors (Lipinski definition) is 2. The molecule has 2 heterocycles. The highest BCUT2D eigenvalue weighted by Gasteiger charge is 2.29. The third kappa shape index (κ3) is 7.96. The van der Waals surface area contributed by atoms with Crippen LogP contribution in [0, 0.1) is 0 Å². The Kier molecular flexibility index (Phi) is 10.1. The predicted molar refractivity (Wildman–Crippen MR) is 138 cm³/mol. The normalized spacial score (nSPS) is 18.9. The van der Waals surface area contributed by atoms with Crippen LogP contribution in [0.1, 0.15) is 70.4 Å². The third-order valence-corrected chi connectivity index (χ3v) is 8.10. The number of likely N-dealkylation sites (tertiary alicyclic amines) is 2. The summed E-state index contributed by atoms with van der Waals surface area (Å²) >= 11 is 0. The van der Waals surface area contributed by atoms with Gasteiger partial charge in [0, 0.05) is 11.1 Å². The van der Waals surface area contributed by atoms with Gasteiger partial charge < -0.3 is 32.9 Å². The molecule has 4 nitrogen and oxygen atoms in total. The zero-order valence-corrected chi connectivity index (χ0v) is 23.8. The minimum absolute atomic E-state index is 0. The van der Waals surface area contributed by atoms with E-state index in [4.69, 9.17) is 0 Å². The molecular weight excluding hydrogens is 547 g/mol. The van der Waals surface area contributed by atoms with Gasteiger partial charge in [0.2, 0.25) is 11.6 Å². The maximum atomic E-state index is 12.8. The van der Waals surface area contributed by atoms with Crippen LogP contribution in [0.15, 0.2) is 48.5 Å². The zero-order chi connectivity index (χ0) is 24.0. The largest absolute Gasteiger partial charge is 1.00 e. The van der Waals surface area contributed by atoms with E-state index in [0.717, 1.165) is 59.1 Å². The number of halogens is 1. The molecule has 0 aliphatic carbocycles. The first kappa shape index (κ1) is 28.0. The van der Waals surface area contributed by atoms with Crippen molar-refractivity contribution >= 4 is 11.6 Å². The van der Waals surface area contributed by atoms with E-state index in [1.54, 1.807) is 0 Å². The van der Waals surface area contributed by atoms with Gasteiger partial charge in [0.05, 0.1) is 40.3 Å². The summed E-state index contributed by atoms with van der Waals surface area (Å²) in [6.07, 6.45) is 9.40. The number of carbonyl (C=O) groups excluding carboxylic acids is 2. The van der Waals surface area contributed by atoms with Crippen molar-refractivity contribution < 1.29 is 42.5 Å². The standard InChI is InChI=1S/C30H42N2O2.HI/c1-31(19-5-3-6-20-31)23-29(33)27-15-11-25(12-16-27)9-10-26-13-17-28(18-14-26)30(34)24-32(2)21-7-4-8-22-32;/h11-18H,3-10,19-24H2,1-2H3;1H/q+2;/p-1. The fourth-order valence-corrected chi connectivity index (χ4v) is 5.75. The molecule has 0 N–H and O–H groups in total. The van der Waals surface area contributed by atoms with Gasteiger partial charge in [-0.1, -0.05) is 48.5 Å². The van der Waals surface area contributed by atoms with Crippen LogP contribution in [-0.4, -0.2) is 73.9 Å². The molecule has 0 atom stereocenters. The first-order chi connectivity index (χ1) is 16.3. The number of likely N-dealkylation sites (N-methyl/N-ethyl adjacent to an activating group) is 2. The lowest BCUT2D eigenvalue weighted by Crippen LogP contribution is -3.00. The van der Waals surface area contributed by atoms with Crippen molar-refractivity contribution in [1.29, 1.82) is 0 Å². The van der Waals surface area contributed by atoms with Gasteiger partial charge in [0.15, 0.2) is 0 Å². The Hall–Kier alpha value is -1.57. The zero-order valence-electron chi connectivity index (χ0n) is 21.6. The molecule has 2 saturated heterocycles. The number of Topliss-reactive ketones (excluding diaryl/α,β-unsaturated/α-hetero) is 2. The Morgan fingerprint density at radius 2 is 0.886 bits per heavy atom. The molecule has 2 aromatic rings. The first-order valence-corrected chi connectivity index (χ1v) is 13.3. The van der Waals surface area contributed by atoms with Gasteiger partial charge in [-0.25, -0.2) is 0 Å². The highest BCUT2D eigenvalue weighted by molar-refractivity contribution is 5.97. The van der Waals surface area contributed by atoms with Crippen LogP contribution < -0.4 is 24.0 Å². The number of nitrogens with zero attached hydrogens (tertiary/aromatic N) is 2. The van der Waals surface area contributed by atoms with Gasteiger partial charge in [-0.3, -0.25) is 9.59 Å². The molecule has 2 aliphatic heterocycles. The number of rotatable bonds is 9. The SMILES string of the molecule is C[N+]1(CC(=O)c2ccc(CCc3ccc(C(=O)C[N+]4(C)CCCCC4)cc3)cc2)CCCCC1.[I-]. The second kappa shape index (κ2) is 12.6. The summed E-state index contributed by atoms with van der Waals surface area (Å²) in [5.74, 6) is 0.522. The molecule has 2 fully saturated rings. The quantitative estimate of drug-likeness (QED) is 0.255. The summed E-state index contributed by atoms with van der Waals surface area (Å²) in [6.45, 7) is 5.70. The van der Waals surface area contributed by atoms with Crippen molar-refractivity contribution in [2.24, 2.45) is 0 Å². The van der Waals surface area contributed by atoms with Gasteiger partial charge in [0.25, 0.3) is 0 Å². The summed E-state index contributed by atoms with van der Waals surface area (Å²) < 4.78 is 1.77. The van der Waals surface area contributed by atoms with Gasteiger partial charge in [-0.2, -0.15) is 0 Å². The maximum absolute atomic E-state index is 12.8. The number of piperidine rings is 2. The lowest BCUT2D eigenvalue weighted by Gasteiger charge is -2.37. The van der Waals surface area contributed by atoms with E-state index in [0.29, 0.717) is 13.1 Å². The number of aryl methyl sites for hydroxylation is 2. The van der Waals surface area contributed by atoms with E-state index in [-0.39, 0.29) is 35.5 Å². The average molecular weight is 590 g/mol. The first-order valence-electron chi connectivity index (χ1n) is 13.3. The molecule has 0 saturated carbocycles. The maximum Gasteiger partial charge on any atom is 0.216 e. The lowest BCUT2D eigenvalue weighted by atomic mass is 9.99. The Labute approximate surface area is 228 Å². The summed E-state index contributed by atoms with van der Waals surface area (Å²) in [5.41, 5.74) is 4.17. The van der Waals surface area contributed by atoms with Crippen LogP contribution in [0.4, 0.5) is 0 Å². The smallest absolute Gasteiger partial charge is 0.216 e. The highest BCUT2D eigenvalue weighted by atomic mass is 127. The molecule has 4 rings (SSSR count). The molecule has 2 aliphatic rings. The van der Waals surface area contributed by atoms with Crippen molar-refractivity contribution in [2.75, 3.05) is 53.4 Å². The highest BCUT2D eigenvalue weighted by Crippen LogP contribution is 2.19. The van der Waals surface area contributed by atoms with E-state index in [2.05, 4.69) is 38.4 Å². The van der Waals surface area contributed by atoms with E-state index < -0.39 is 0 Å². The van der Waals surface area contributed by atoms with Gasteiger partial charge in [0.1, 0.15) is 13.1 Å². The Morgan fingerprint density at radius 1 is 0.571 bits per heavy atom. The molecular formula is C30H42IN2O2+. The number of quaternary nitrogens is 2. The van der Waals surface area contributed by atoms with Crippen LogP contribution in [0.3, 0.4) is 0 Å². The minimum atomic E-state index is 0. The summed E-state index contributed by atoms with van der Waals surface area (Å²) in [5, 5.41) is 0. The topological polar surface area (TPSA) is 34.1 Å². The van der Waals surface area contributed by atoms with Gasteiger partial charge in [-0.15, -0.1) is 0 Å². The number of hydrogen-bond donors (Lipinski definition) is 0. The molecule has 0 aromatic heterocycles. The molecule has 0 bridgehead atoms. The van der Waals surface area contributed by atoms with E-state index in [1.807, 2.05) is 24.3 Å². The third-order valence-electron chi connectivity index (χ3n) is 8.10. The molecule has 0 spiro atoms. The van der Waals surface area contributed by atoms with Crippen LogP contribution in [0.25, 0.3) is 0 Å². The molecule has 35 heavy (non-hydrogen) atoms. The fraction of sp³-hybridized carbons (Fsp3) is 0.533. The van der Waals surface area contributed by atoms with E-state index in [9.17, 15) is 9.59 Å². The molecule has 190 valence electrons. The number of benzene rings is 2. The van der Waals surface area contributed by atoms with Crippen molar-refractivity contribution in [3.63, 3.8) is 0 Å². The van der Waals surface area contributed by atoms with Crippen LogP contribution in [0.2, 0.25) is 0 Å². The second-order valence-electron chi connectivity index (χ2n) is 11.3. The Bertz CT molecular complexity index is 891. The van der Waals surface area contributed by atoms with E-state index in [1.165, 1.54) is 49.7 Å². The van der Waals surface area contributed by atoms with Crippen molar-refractivity contribution in [3.8, 4) is 0 Å². The van der Waals surface area contributed by atoms with Crippen molar-refractivity contribution in [2.45, 2.75) is 51.4 Å². The average Bonchev–Trinajstić information content (AvgIpc) is 2.83. The summed E-state index contributed by atoms with van der Waals surface area (Å²) in [6, 6.07) is 16.4. The summed E-state index contributed by atoms with van der Waals surface area (Å²) in [4.78, 5) is 25.6. The summed E-state index contributed by atoms with van der Waals surface area (Å²) in [7, 11) is 4.44. The van der Waals surface area contributed by atoms with Crippen molar-refractivity contribution in [1.82, 2.24) is 0 Å².